The van der Waals surface area contributed by atoms with Gasteiger partial charge in [0.25, 0.3) is 5.91 Å². The highest BCUT2D eigenvalue weighted by Crippen LogP contribution is 2.32. The molecule has 216 valence electrons. The minimum atomic E-state index is -0.681. The van der Waals surface area contributed by atoms with E-state index in [1.807, 2.05) is 23.1 Å². The fraction of sp³-hybridized carbons (Fsp3) is 0.690. The number of hydrogen-bond acceptors (Lipinski definition) is 7. The smallest absolute Gasteiger partial charge is 0.324 e. The van der Waals surface area contributed by atoms with Crippen molar-refractivity contribution in [3.63, 3.8) is 0 Å². The molecule has 0 radical (unpaired) electrons. The molecule has 10 heteroatoms. The number of nitrogens with zero attached hydrogens (tertiary/aromatic N) is 3. The van der Waals surface area contributed by atoms with Crippen LogP contribution < -0.4 is 14.8 Å². The maximum atomic E-state index is 13.3. The molecule has 39 heavy (non-hydrogen) atoms. The van der Waals surface area contributed by atoms with Crippen molar-refractivity contribution in [3.05, 3.63) is 23.8 Å². The van der Waals surface area contributed by atoms with Crippen LogP contribution in [0.1, 0.15) is 50.5 Å². The molecule has 0 aliphatic carbocycles. The monoisotopic (exact) mass is 544 g/mol. The molecule has 3 saturated heterocycles. The third kappa shape index (κ3) is 7.22. The number of imide groups is 1. The molecule has 1 aromatic rings. The van der Waals surface area contributed by atoms with E-state index in [0.717, 1.165) is 18.5 Å². The Bertz CT molecular complexity index is 1000. The number of carbonyl (C=O) groups excluding carboxylic acids is 3. The molecule has 3 atom stereocenters. The SMILES string of the molecule is COCCN(C[C@@H]1CCCN2CCCC[C@H]12)C(=O)CC[C@H]1NC(=O)N(CCc2ccc(OC)c(OC)c2)C1=O. The van der Waals surface area contributed by atoms with E-state index in [1.165, 1.54) is 43.7 Å². The summed E-state index contributed by atoms with van der Waals surface area (Å²) in [6, 6.07) is 5.02. The van der Waals surface area contributed by atoms with Gasteiger partial charge in [0.05, 0.1) is 20.8 Å². The maximum Gasteiger partial charge on any atom is 0.324 e. The molecule has 3 fully saturated rings. The van der Waals surface area contributed by atoms with Crippen molar-refractivity contribution in [2.45, 2.75) is 63.5 Å². The van der Waals surface area contributed by atoms with Crippen LogP contribution in [0, 0.1) is 5.92 Å². The number of rotatable bonds is 13. The molecule has 4 rings (SSSR count). The largest absolute Gasteiger partial charge is 0.493 e. The first-order valence-electron chi connectivity index (χ1n) is 14.3. The van der Waals surface area contributed by atoms with Crippen molar-refractivity contribution < 1.29 is 28.6 Å². The average molecular weight is 545 g/mol. The molecule has 0 spiro atoms. The van der Waals surface area contributed by atoms with E-state index in [0.29, 0.717) is 49.5 Å². The van der Waals surface area contributed by atoms with Gasteiger partial charge in [-0.25, -0.2) is 4.79 Å². The Morgan fingerprint density at radius 2 is 1.85 bits per heavy atom. The van der Waals surface area contributed by atoms with E-state index in [1.54, 1.807) is 21.3 Å². The first-order chi connectivity index (χ1) is 18.9. The summed E-state index contributed by atoms with van der Waals surface area (Å²) in [6.07, 6.45) is 7.05. The van der Waals surface area contributed by atoms with Crippen molar-refractivity contribution in [2.75, 3.05) is 60.7 Å². The standard InChI is InChI=1S/C29H44N4O6/c1-37-18-17-32(20-22-7-6-15-31-14-5-4-8-24(22)31)27(34)12-10-23-28(35)33(29(36)30-23)16-13-21-9-11-25(38-2)26(19-21)39-3/h9,11,19,22-24H,4-8,10,12-18,20H2,1-3H3,(H,30,36)/t22-,23+,24+/m0/s1. The Kier molecular flexibility index (Phi) is 10.4. The van der Waals surface area contributed by atoms with Crippen LogP contribution in [0.2, 0.25) is 0 Å². The number of hydrogen-bond donors (Lipinski definition) is 1. The highest BCUT2D eigenvalue weighted by Gasteiger charge is 2.38. The number of fused-ring (bicyclic) bond motifs is 1. The van der Waals surface area contributed by atoms with Gasteiger partial charge in [-0.2, -0.15) is 0 Å². The predicted octanol–water partition coefficient (Wildman–Crippen LogP) is 2.69. The molecule has 4 amide bonds. The lowest BCUT2D eigenvalue weighted by molar-refractivity contribution is -0.133. The number of urea groups is 1. The fourth-order valence-corrected chi connectivity index (χ4v) is 6.28. The van der Waals surface area contributed by atoms with E-state index >= 15 is 0 Å². The summed E-state index contributed by atoms with van der Waals surface area (Å²) in [5.41, 5.74) is 0.930. The van der Waals surface area contributed by atoms with Crippen molar-refractivity contribution in [1.29, 1.82) is 0 Å². The zero-order valence-corrected chi connectivity index (χ0v) is 23.7. The molecule has 0 aromatic heterocycles. The molecule has 0 bridgehead atoms. The van der Waals surface area contributed by atoms with Gasteiger partial charge < -0.3 is 29.3 Å². The quantitative estimate of drug-likeness (QED) is 0.381. The summed E-state index contributed by atoms with van der Waals surface area (Å²) >= 11 is 0. The van der Waals surface area contributed by atoms with Crippen LogP contribution >= 0.6 is 0 Å². The van der Waals surface area contributed by atoms with Gasteiger partial charge in [0.1, 0.15) is 6.04 Å². The maximum absolute atomic E-state index is 13.3. The van der Waals surface area contributed by atoms with Crippen molar-refractivity contribution in [2.24, 2.45) is 5.92 Å². The number of carbonyl (C=O) groups is 3. The van der Waals surface area contributed by atoms with Gasteiger partial charge >= 0.3 is 6.03 Å². The minimum absolute atomic E-state index is 0.0193. The summed E-state index contributed by atoms with van der Waals surface area (Å²) in [4.78, 5) is 44.7. The van der Waals surface area contributed by atoms with Gasteiger partial charge in [-0.15, -0.1) is 0 Å². The average Bonchev–Trinajstić information content (AvgIpc) is 3.24. The molecule has 0 saturated carbocycles. The molecular formula is C29H44N4O6. The molecule has 3 aliphatic rings. The Morgan fingerprint density at radius 3 is 2.62 bits per heavy atom. The molecule has 3 heterocycles. The number of methoxy groups -OCH3 is 3. The normalized spacial score (nSPS) is 23.4. The zero-order valence-electron chi connectivity index (χ0n) is 23.7. The van der Waals surface area contributed by atoms with Crippen molar-refractivity contribution in [3.8, 4) is 11.5 Å². The Hall–Kier alpha value is -2.85. The molecule has 10 nitrogen and oxygen atoms in total. The van der Waals surface area contributed by atoms with E-state index in [2.05, 4.69) is 10.2 Å². The summed E-state index contributed by atoms with van der Waals surface area (Å²) in [5, 5.41) is 2.78. The molecule has 1 N–H and O–H groups in total. The lowest BCUT2D eigenvalue weighted by Gasteiger charge is -2.45. The number of nitrogens with one attached hydrogen (secondary N) is 1. The lowest BCUT2D eigenvalue weighted by Crippen LogP contribution is -2.52. The first kappa shape index (κ1) is 29.1. The van der Waals surface area contributed by atoms with Crippen LogP contribution in [0.3, 0.4) is 0 Å². The van der Waals surface area contributed by atoms with E-state index in [9.17, 15) is 14.4 Å². The second kappa shape index (κ2) is 14.0. The van der Waals surface area contributed by atoms with E-state index in [4.69, 9.17) is 14.2 Å². The highest BCUT2D eigenvalue weighted by atomic mass is 16.5. The first-order valence-corrected chi connectivity index (χ1v) is 14.3. The summed E-state index contributed by atoms with van der Waals surface area (Å²) in [5.74, 6) is 1.44. The van der Waals surface area contributed by atoms with Gasteiger partial charge in [-0.3, -0.25) is 14.5 Å². The van der Waals surface area contributed by atoms with Gasteiger partial charge in [0, 0.05) is 39.2 Å². The summed E-state index contributed by atoms with van der Waals surface area (Å²) in [7, 11) is 4.79. The number of piperidine rings is 2. The van der Waals surface area contributed by atoms with Gasteiger partial charge in [-0.05, 0) is 75.2 Å². The second-order valence-electron chi connectivity index (χ2n) is 10.8. The molecule has 1 aromatic carbocycles. The van der Waals surface area contributed by atoms with Gasteiger partial charge in [0.15, 0.2) is 11.5 Å². The third-order valence-electron chi connectivity index (χ3n) is 8.43. The third-order valence-corrected chi connectivity index (χ3v) is 8.43. The molecular weight excluding hydrogens is 500 g/mol. The highest BCUT2D eigenvalue weighted by molar-refractivity contribution is 6.04. The number of ether oxygens (including phenoxy) is 3. The molecule has 3 aliphatic heterocycles. The molecule has 0 unspecified atom stereocenters. The van der Waals surface area contributed by atoms with Gasteiger partial charge in [-0.1, -0.05) is 12.5 Å². The Morgan fingerprint density at radius 1 is 1.05 bits per heavy atom. The summed E-state index contributed by atoms with van der Waals surface area (Å²) < 4.78 is 15.9. The van der Waals surface area contributed by atoms with Crippen molar-refractivity contribution >= 4 is 17.8 Å². The van der Waals surface area contributed by atoms with Crippen LogP contribution in [-0.2, 0) is 20.7 Å². The lowest BCUT2D eigenvalue weighted by atomic mass is 9.83. The number of amides is 4. The minimum Gasteiger partial charge on any atom is -0.493 e. The van der Waals surface area contributed by atoms with Crippen LogP contribution in [0.5, 0.6) is 11.5 Å². The Balaban J connectivity index is 1.30. The van der Waals surface area contributed by atoms with Gasteiger partial charge in [0.2, 0.25) is 5.91 Å². The predicted molar refractivity (Wildman–Crippen MR) is 147 cm³/mol. The van der Waals surface area contributed by atoms with E-state index in [-0.39, 0.29) is 24.8 Å². The van der Waals surface area contributed by atoms with Crippen LogP contribution in [0.25, 0.3) is 0 Å². The topological polar surface area (TPSA) is 101 Å². The van der Waals surface area contributed by atoms with Crippen LogP contribution in [0.4, 0.5) is 4.79 Å². The van der Waals surface area contributed by atoms with Crippen LogP contribution in [0.15, 0.2) is 18.2 Å². The summed E-state index contributed by atoms with van der Waals surface area (Å²) in [6.45, 7) is 4.34. The Labute approximate surface area is 231 Å². The fourth-order valence-electron chi connectivity index (χ4n) is 6.28. The zero-order chi connectivity index (χ0) is 27.8. The second-order valence-corrected chi connectivity index (χ2v) is 10.8. The number of benzene rings is 1. The van der Waals surface area contributed by atoms with E-state index < -0.39 is 12.1 Å². The van der Waals surface area contributed by atoms with Crippen LogP contribution in [-0.4, -0.2) is 105 Å². The van der Waals surface area contributed by atoms with Crippen molar-refractivity contribution in [1.82, 2.24) is 20.0 Å².